The number of rotatable bonds is 3. The lowest BCUT2D eigenvalue weighted by Gasteiger charge is -2.34. The molecule has 1 fully saturated rings. The number of halogens is 1. The molecule has 1 saturated heterocycles. The van der Waals surface area contributed by atoms with Crippen LogP contribution in [-0.2, 0) is 14.3 Å². The summed E-state index contributed by atoms with van der Waals surface area (Å²) in [4.78, 5) is 25.0. The number of nitrogens with zero attached hydrogens (tertiary/aromatic N) is 1. The fourth-order valence-electron chi connectivity index (χ4n) is 2.12. The number of likely N-dealkylation sites (tertiary alicyclic amines) is 1. The molecule has 1 heterocycles. The summed E-state index contributed by atoms with van der Waals surface area (Å²) >= 11 is 3.40. The Balaban J connectivity index is 2.43. The zero-order valence-corrected chi connectivity index (χ0v) is 14.2. The average molecular weight is 350 g/mol. The van der Waals surface area contributed by atoms with Crippen molar-refractivity contribution in [3.63, 3.8) is 0 Å². The van der Waals surface area contributed by atoms with Gasteiger partial charge in [-0.1, -0.05) is 15.9 Å². The average Bonchev–Trinajstić information content (AvgIpc) is 2.36. The maximum Gasteiger partial charge on any atom is 0.410 e. The Morgan fingerprint density at radius 2 is 1.85 bits per heavy atom. The molecular formula is C14H24BrNO4. The molecule has 6 heteroatoms. The summed E-state index contributed by atoms with van der Waals surface area (Å²) < 4.78 is 10.3. The van der Waals surface area contributed by atoms with Crippen molar-refractivity contribution in [1.29, 1.82) is 0 Å². The van der Waals surface area contributed by atoms with Crippen LogP contribution in [0, 0.1) is 5.92 Å². The number of hydrogen-bond acceptors (Lipinski definition) is 4. The van der Waals surface area contributed by atoms with Crippen LogP contribution in [0.5, 0.6) is 0 Å². The fraction of sp³-hybridized carbons (Fsp3) is 0.857. The van der Waals surface area contributed by atoms with Crippen molar-refractivity contribution < 1.29 is 19.1 Å². The number of amides is 1. The monoisotopic (exact) mass is 349 g/mol. The van der Waals surface area contributed by atoms with Gasteiger partial charge in [0.25, 0.3) is 0 Å². The minimum atomic E-state index is -0.475. The molecule has 0 saturated carbocycles. The van der Waals surface area contributed by atoms with Gasteiger partial charge < -0.3 is 14.4 Å². The van der Waals surface area contributed by atoms with Gasteiger partial charge in [-0.3, -0.25) is 4.79 Å². The third kappa shape index (κ3) is 5.31. The van der Waals surface area contributed by atoms with E-state index >= 15 is 0 Å². The first kappa shape index (κ1) is 17.3. The van der Waals surface area contributed by atoms with Gasteiger partial charge in [0.2, 0.25) is 0 Å². The van der Waals surface area contributed by atoms with E-state index in [4.69, 9.17) is 9.47 Å². The van der Waals surface area contributed by atoms with E-state index in [2.05, 4.69) is 15.9 Å². The van der Waals surface area contributed by atoms with E-state index in [9.17, 15) is 9.59 Å². The molecule has 1 aliphatic rings. The first-order valence-electron chi connectivity index (χ1n) is 7.03. The van der Waals surface area contributed by atoms with Crippen molar-refractivity contribution in [1.82, 2.24) is 4.90 Å². The van der Waals surface area contributed by atoms with E-state index in [0.717, 1.165) is 12.8 Å². The maximum atomic E-state index is 11.9. The number of piperidine rings is 1. The van der Waals surface area contributed by atoms with Crippen LogP contribution in [0.4, 0.5) is 4.79 Å². The van der Waals surface area contributed by atoms with Gasteiger partial charge in [-0.05, 0) is 46.5 Å². The highest BCUT2D eigenvalue weighted by Crippen LogP contribution is 2.27. The molecule has 5 nitrogen and oxygen atoms in total. The lowest BCUT2D eigenvalue weighted by Crippen LogP contribution is -2.44. The summed E-state index contributed by atoms with van der Waals surface area (Å²) in [5, 5.41) is 0. The van der Waals surface area contributed by atoms with E-state index in [-0.39, 0.29) is 22.8 Å². The maximum absolute atomic E-state index is 11.9. The molecule has 20 heavy (non-hydrogen) atoms. The van der Waals surface area contributed by atoms with Crippen LogP contribution in [0.3, 0.4) is 0 Å². The number of ether oxygens (including phenoxy) is 2. The van der Waals surface area contributed by atoms with Crippen LogP contribution < -0.4 is 0 Å². The molecule has 0 aromatic rings. The van der Waals surface area contributed by atoms with E-state index in [1.165, 1.54) is 0 Å². The molecule has 1 unspecified atom stereocenters. The minimum Gasteiger partial charge on any atom is -0.465 e. The molecule has 0 aromatic carbocycles. The molecule has 1 amide bonds. The Morgan fingerprint density at radius 3 is 2.30 bits per heavy atom. The second-order valence-corrected chi connectivity index (χ2v) is 6.95. The number of esters is 1. The number of alkyl halides is 1. The van der Waals surface area contributed by atoms with Crippen molar-refractivity contribution >= 4 is 28.0 Å². The second-order valence-electron chi connectivity index (χ2n) is 5.96. The van der Waals surface area contributed by atoms with Crippen molar-refractivity contribution in [3.05, 3.63) is 0 Å². The van der Waals surface area contributed by atoms with Gasteiger partial charge >= 0.3 is 12.1 Å². The summed E-state index contributed by atoms with van der Waals surface area (Å²) in [7, 11) is 0. The number of hydrogen-bond donors (Lipinski definition) is 0. The van der Waals surface area contributed by atoms with Gasteiger partial charge in [0.15, 0.2) is 0 Å². The Kier molecular flexibility index (Phi) is 6.30. The molecular weight excluding hydrogens is 326 g/mol. The van der Waals surface area contributed by atoms with E-state index < -0.39 is 5.60 Å². The summed E-state index contributed by atoms with van der Waals surface area (Å²) in [6, 6.07) is 0. The normalized spacial score (nSPS) is 18.6. The quantitative estimate of drug-likeness (QED) is 0.580. The fourth-order valence-corrected chi connectivity index (χ4v) is 2.78. The van der Waals surface area contributed by atoms with Gasteiger partial charge in [-0.15, -0.1) is 0 Å². The zero-order chi connectivity index (χ0) is 15.3. The van der Waals surface area contributed by atoms with Gasteiger partial charge in [0, 0.05) is 13.1 Å². The SMILES string of the molecule is CCOC(=O)C(Br)C1CCN(C(=O)OC(C)(C)C)CC1. The summed E-state index contributed by atoms with van der Waals surface area (Å²) in [5.41, 5.74) is -0.475. The molecule has 1 atom stereocenters. The summed E-state index contributed by atoms with van der Waals surface area (Å²) in [6.45, 7) is 8.97. The zero-order valence-electron chi connectivity index (χ0n) is 12.6. The largest absolute Gasteiger partial charge is 0.465 e. The van der Waals surface area contributed by atoms with Crippen molar-refractivity contribution in [2.45, 2.75) is 51.0 Å². The van der Waals surface area contributed by atoms with Crippen LogP contribution in [0.15, 0.2) is 0 Å². The Bertz CT molecular complexity index is 346. The van der Waals surface area contributed by atoms with E-state index in [1.807, 2.05) is 20.8 Å². The Morgan fingerprint density at radius 1 is 1.30 bits per heavy atom. The van der Waals surface area contributed by atoms with Crippen molar-refractivity contribution in [3.8, 4) is 0 Å². The Labute approximate surface area is 129 Å². The van der Waals surface area contributed by atoms with Crippen molar-refractivity contribution in [2.24, 2.45) is 5.92 Å². The van der Waals surface area contributed by atoms with Gasteiger partial charge in [0.1, 0.15) is 10.4 Å². The minimum absolute atomic E-state index is 0.202. The summed E-state index contributed by atoms with van der Waals surface area (Å²) in [6.07, 6.45) is 1.26. The standard InChI is InChI=1S/C14H24BrNO4/c1-5-19-12(17)11(15)10-6-8-16(9-7-10)13(18)20-14(2,3)4/h10-11H,5-9H2,1-4H3. The molecule has 0 N–H and O–H groups in total. The summed E-state index contributed by atoms with van der Waals surface area (Å²) in [5.74, 6) is -0.0176. The first-order valence-corrected chi connectivity index (χ1v) is 7.94. The molecule has 1 rings (SSSR count). The lowest BCUT2D eigenvalue weighted by molar-refractivity contribution is -0.143. The lowest BCUT2D eigenvalue weighted by atomic mass is 9.94. The van der Waals surface area contributed by atoms with E-state index in [1.54, 1.807) is 11.8 Å². The van der Waals surface area contributed by atoms with Crippen LogP contribution in [0.25, 0.3) is 0 Å². The highest BCUT2D eigenvalue weighted by atomic mass is 79.9. The smallest absolute Gasteiger partial charge is 0.410 e. The predicted molar refractivity (Wildman–Crippen MR) is 79.9 cm³/mol. The van der Waals surface area contributed by atoms with Gasteiger partial charge in [-0.25, -0.2) is 4.79 Å². The molecule has 116 valence electrons. The van der Waals surface area contributed by atoms with Crippen LogP contribution in [0.1, 0.15) is 40.5 Å². The molecule has 0 bridgehead atoms. The van der Waals surface area contributed by atoms with Crippen LogP contribution in [0.2, 0.25) is 0 Å². The highest BCUT2D eigenvalue weighted by Gasteiger charge is 2.33. The first-order chi connectivity index (χ1) is 9.24. The van der Waals surface area contributed by atoms with Gasteiger partial charge in [0.05, 0.1) is 6.61 Å². The highest BCUT2D eigenvalue weighted by molar-refractivity contribution is 9.10. The molecule has 0 aliphatic carbocycles. The number of carbonyl (C=O) groups excluding carboxylic acids is 2. The third-order valence-corrected chi connectivity index (χ3v) is 4.24. The van der Waals surface area contributed by atoms with Crippen molar-refractivity contribution in [2.75, 3.05) is 19.7 Å². The molecule has 1 aliphatic heterocycles. The van der Waals surface area contributed by atoms with E-state index in [0.29, 0.717) is 19.7 Å². The topological polar surface area (TPSA) is 55.8 Å². The second kappa shape index (κ2) is 7.29. The Hall–Kier alpha value is -0.780. The molecule has 0 spiro atoms. The van der Waals surface area contributed by atoms with Gasteiger partial charge in [-0.2, -0.15) is 0 Å². The molecule has 0 radical (unpaired) electrons. The predicted octanol–water partition coefficient (Wildman–Crippen LogP) is 2.96. The molecule has 0 aromatic heterocycles. The van der Waals surface area contributed by atoms with Crippen LogP contribution in [-0.4, -0.2) is 47.1 Å². The number of carbonyl (C=O) groups is 2. The third-order valence-electron chi connectivity index (χ3n) is 3.12. The van der Waals surface area contributed by atoms with Crippen LogP contribution >= 0.6 is 15.9 Å².